The molecule has 0 bridgehead atoms. The number of aryl methyl sites for hydroxylation is 4. The number of benzene rings is 1. The number of rotatable bonds is 3. The number of amides is 1. The predicted octanol–water partition coefficient (Wildman–Crippen LogP) is 2.35. The van der Waals surface area contributed by atoms with Gasteiger partial charge in [-0.15, -0.1) is 0 Å². The van der Waals surface area contributed by atoms with E-state index >= 15 is 0 Å². The summed E-state index contributed by atoms with van der Waals surface area (Å²) in [5.74, 6) is 1.28. The maximum absolute atomic E-state index is 12.4. The summed E-state index contributed by atoms with van der Waals surface area (Å²) in [6, 6.07) is 6.76. The molecule has 1 aliphatic carbocycles. The molecule has 120 valence electrons. The summed E-state index contributed by atoms with van der Waals surface area (Å²) in [6.07, 6.45) is 8.09. The largest absolute Gasteiger partial charge is 0.351 e. The van der Waals surface area contributed by atoms with Gasteiger partial charge in [-0.1, -0.05) is 18.2 Å². The van der Waals surface area contributed by atoms with Crippen LogP contribution in [-0.4, -0.2) is 21.5 Å². The van der Waals surface area contributed by atoms with Crippen LogP contribution in [0.2, 0.25) is 0 Å². The molecule has 1 atom stereocenters. The molecular formula is C19H23N3O. The van der Waals surface area contributed by atoms with Crippen LogP contribution in [0.15, 0.2) is 24.4 Å². The van der Waals surface area contributed by atoms with E-state index in [1.165, 1.54) is 24.0 Å². The lowest BCUT2D eigenvalue weighted by molar-refractivity contribution is -0.121. The molecule has 2 heterocycles. The Bertz CT molecular complexity index is 747. The van der Waals surface area contributed by atoms with E-state index in [1.807, 2.05) is 6.92 Å². The standard InChI is InChI=1S/C19H23N3O/c1-13-11-22-12-17(7-8-18(22)20-13)21-19(23)10-14-5-6-15-3-2-4-16(15)9-14/h5-6,9,11,17H,2-4,7-8,10,12H2,1H3,(H,21,23)/t17-/m0/s1. The van der Waals surface area contributed by atoms with Crippen LogP contribution in [0.3, 0.4) is 0 Å². The fourth-order valence-electron chi connectivity index (χ4n) is 3.90. The minimum Gasteiger partial charge on any atom is -0.351 e. The predicted molar refractivity (Wildman–Crippen MR) is 89.4 cm³/mol. The average molecular weight is 309 g/mol. The normalized spacial score (nSPS) is 19.3. The highest BCUT2D eigenvalue weighted by atomic mass is 16.1. The molecule has 23 heavy (non-hydrogen) atoms. The number of fused-ring (bicyclic) bond motifs is 2. The van der Waals surface area contributed by atoms with Crippen LogP contribution in [0.25, 0.3) is 0 Å². The summed E-state index contributed by atoms with van der Waals surface area (Å²) in [5, 5.41) is 3.20. The van der Waals surface area contributed by atoms with Gasteiger partial charge in [0.1, 0.15) is 5.82 Å². The molecule has 0 saturated carbocycles. The molecule has 0 spiro atoms. The van der Waals surface area contributed by atoms with Gasteiger partial charge in [-0.25, -0.2) is 4.98 Å². The molecule has 0 unspecified atom stereocenters. The molecule has 1 amide bonds. The highest BCUT2D eigenvalue weighted by Gasteiger charge is 2.21. The van der Waals surface area contributed by atoms with Gasteiger partial charge in [0, 0.05) is 25.2 Å². The van der Waals surface area contributed by atoms with Crippen molar-refractivity contribution < 1.29 is 4.79 Å². The molecule has 1 aliphatic heterocycles. The van der Waals surface area contributed by atoms with E-state index < -0.39 is 0 Å². The van der Waals surface area contributed by atoms with Crippen LogP contribution >= 0.6 is 0 Å². The molecule has 0 fully saturated rings. The van der Waals surface area contributed by atoms with Gasteiger partial charge in [-0.2, -0.15) is 0 Å². The molecule has 0 saturated heterocycles. The second-order valence-corrected chi connectivity index (χ2v) is 6.89. The molecule has 4 nitrogen and oxygen atoms in total. The van der Waals surface area contributed by atoms with Crippen molar-refractivity contribution in [3.8, 4) is 0 Å². The van der Waals surface area contributed by atoms with Crippen molar-refractivity contribution in [3.63, 3.8) is 0 Å². The number of hydrogen-bond donors (Lipinski definition) is 1. The average Bonchev–Trinajstić information content (AvgIpc) is 3.11. The van der Waals surface area contributed by atoms with Crippen molar-refractivity contribution in [3.05, 3.63) is 52.6 Å². The molecular weight excluding hydrogens is 286 g/mol. The third-order valence-electron chi connectivity index (χ3n) is 5.01. The molecule has 0 radical (unpaired) electrons. The summed E-state index contributed by atoms with van der Waals surface area (Å²) >= 11 is 0. The van der Waals surface area contributed by atoms with E-state index in [2.05, 4.69) is 39.3 Å². The van der Waals surface area contributed by atoms with Gasteiger partial charge in [0.15, 0.2) is 0 Å². The number of carbonyl (C=O) groups excluding carboxylic acids is 1. The van der Waals surface area contributed by atoms with Crippen molar-refractivity contribution in [1.29, 1.82) is 0 Å². The zero-order chi connectivity index (χ0) is 15.8. The van der Waals surface area contributed by atoms with E-state index in [9.17, 15) is 4.79 Å². The lowest BCUT2D eigenvalue weighted by Gasteiger charge is -2.24. The monoisotopic (exact) mass is 309 g/mol. The van der Waals surface area contributed by atoms with Gasteiger partial charge in [0.05, 0.1) is 12.1 Å². The topological polar surface area (TPSA) is 46.9 Å². The van der Waals surface area contributed by atoms with E-state index in [0.717, 1.165) is 42.9 Å². The fraction of sp³-hybridized carbons (Fsp3) is 0.474. The van der Waals surface area contributed by atoms with Crippen molar-refractivity contribution in [2.75, 3.05) is 0 Å². The molecule has 4 rings (SSSR count). The van der Waals surface area contributed by atoms with Gasteiger partial charge in [-0.3, -0.25) is 4.79 Å². The Kier molecular flexibility index (Phi) is 3.68. The van der Waals surface area contributed by atoms with Crippen LogP contribution in [0.5, 0.6) is 0 Å². The fourth-order valence-corrected chi connectivity index (χ4v) is 3.90. The molecule has 4 heteroatoms. The zero-order valence-electron chi connectivity index (χ0n) is 13.6. The molecule has 2 aromatic rings. The van der Waals surface area contributed by atoms with Crippen LogP contribution in [0.1, 0.15) is 41.1 Å². The number of hydrogen-bond acceptors (Lipinski definition) is 2. The number of imidazole rings is 1. The van der Waals surface area contributed by atoms with Gasteiger partial charge in [0.25, 0.3) is 0 Å². The van der Waals surface area contributed by atoms with Crippen LogP contribution < -0.4 is 5.32 Å². The van der Waals surface area contributed by atoms with E-state index in [-0.39, 0.29) is 11.9 Å². The van der Waals surface area contributed by atoms with Gasteiger partial charge in [-0.05, 0) is 49.3 Å². The summed E-state index contributed by atoms with van der Waals surface area (Å²) in [4.78, 5) is 16.9. The molecule has 1 aromatic carbocycles. The first kappa shape index (κ1) is 14.5. The van der Waals surface area contributed by atoms with Crippen LogP contribution in [0.4, 0.5) is 0 Å². The lowest BCUT2D eigenvalue weighted by Crippen LogP contribution is -2.41. The Morgan fingerprint density at radius 1 is 1.30 bits per heavy atom. The first-order valence-corrected chi connectivity index (χ1v) is 8.60. The third kappa shape index (κ3) is 3.03. The Morgan fingerprint density at radius 3 is 3.09 bits per heavy atom. The Labute approximate surface area is 136 Å². The number of nitrogens with zero attached hydrogens (tertiary/aromatic N) is 2. The molecule has 2 aliphatic rings. The minimum atomic E-state index is 0.133. The summed E-state index contributed by atoms with van der Waals surface area (Å²) in [5.41, 5.74) is 5.10. The van der Waals surface area contributed by atoms with Crippen molar-refractivity contribution in [2.24, 2.45) is 0 Å². The van der Waals surface area contributed by atoms with Crippen molar-refractivity contribution >= 4 is 5.91 Å². The minimum absolute atomic E-state index is 0.133. The van der Waals surface area contributed by atoms with Crippen LogP contribution in [0, 0.1) is 6.92 Å². The smallest absolute Gasteiger partial charge is 0.224 e. The first-order chi connectivity index (χ1) is 11.2. The lowest BCUT2D eigenvalue weighted by atomic mass is 10.0. The quantitative estimate of drug-likeness (QED) is 0.946. The van der Waals surface area contributed by atoms with Crippen LogP contribution in [-0.2, 0) is 37.0 Å². The van der Waals surface area contributed by atoms with E-state index in [1.54, 1.807) is 0 Å². The van der Waals surface area contributed by atoms with Gasteiger partial charge in [0.2, 0.25) is 5.91 Å². The Hall–Kier alpha value is -2.10. The third-order valence-corrected chi connectivity index (χ3v) is 5.01. The second-order valence-electron chi connectivity index (χ2n) is 6.89. The highest BCUT2D eigenvalue weighted by molar-refractivity contribution is 5.79. The van der Waals surface area contributed by atoms with Crippen molar-refractivity contribution in [2.45, 2.75) is 58.0 Å². The van der Waals surface area contributed by atoms with Gasteiger partial charge < -0.3 is 9.88 Å². The van der Waals surface area contributed by atoms with Crippen molar-refractivity contribution in [1.82, 2.24) is 14.9 Å². The zero-order valence-corrected chi connectivity index (χ0v) is 13.6. The number of aromatic nitrogens is 2. The maximum atomic E-state index is 12.4. The number of carbonyl (C=O) groups is 1. The Morgan fingerprint density at radius 2 is 2.17 bits per heavy atom. The van der Waals surface area contributed by atoms with Gasteiger partial charge >= 0.3 is 0 Å². The van der Waals surface area contributed by atoms with E-state index in [4.69, 9.17) is 0 Å². The highest BCUT2D eigenvalue weighted by Crippen LogP contribution is 2.23. The summed E-state index contributed by atoms with van der Waals surface area (Å²) < 4.78 is 2.18. The SMILES string of the molecule is Cc1cn2c(n1)CC[C@H](NC(=O)Cc1ccc3c(c1)CCC3)C2. The van der Waals surface area contributed by atoms with E-state index in [0.29, 0.717) is 6.42 Å². The summed E-state index contributed by atoms with van der Waals surface area (Å²) in [7, 11) is 0. The Balaban J connectivity index is 1.37. The second kappa shape index (κ2) is 5.84. The summed E-state index contributed by atoms with van der Waals surface area (Å²) in [6.45, 7) is 2.86. The maximum Gasteiger partial charge on any atom is 0.224 e. The molecule has 1 N–H and O–H groups in total. The first-order valence-electron chi connectivity index (χ1n) is 8.60. The molecule has 1 aromatic heterocycles. The number of nitrogens with one attached hydrogen (secondary N) is 1.